The van der Waals surface area contributed by atoms with Crippen LogP contribution in [0.3, 0.4) is 0 Å². The van der Waals surface area contributed by atoms with Gasteiger partial charge in [-0.1, -0.05) is 67.6 Å². The first-order chi connectivity index (χ1) is 13.7. The highest BCUT2D eigenvalue weighted by Crippen LogP contribution is 2.28. The summed E-state index contributed by atoms with van der Waals surface area (Å²) in [6.07, 6.45) is 2.44. The smallest absolute Gasteiger partial charge is 0.227 e. The highest BCUT2D eigenvalue weighted by atomic mass is 15.3. The van der Waals surface area contributed by atoms with E-state index in [1.807, 2.05) is 12.1 Å². The molecule has 0 unspecified atom stereocenters. The van der Waals surface area contributed by atoms with Crippen molar-refractivity contribution in [1.29, 1.82) is 0 Å². The molecule has 1 saturated heterocycles. The maximum Gasteiger partial charge on any atom is 0.227 e. The summed E-state index contributed by atoms with van der Waals surface area (Å²) in [5, 5.41) is 0. The molecular formula is C24H28N4. The Bertz CT molecular complexity index is 887. The third-order valence-electron chi connectivity index (χ3n) is 5.48. The van der Waals surface area contributed by atoms with Gasteiger partial charge in [-0.25, -0.2) is 4.98 Å². The molecule has 4 heteroatoms. The first-order valence-corrected chi connectivity index (χ1v) is 10.1. The van der Waals surface area contributed by atoms with Gasteiger partial charge in [0.25, 0.3) is 0 Å². The summed E-state index contributed by atoms with van der Waals surface area (Å²) in [4.78, 5) is 14.4. The molecule has 4 nitrogen and oxygen atoms in total. The van der Waals surface area contributed by atoms with Crippen LogP contribution >= 0.6 is 0 Å². The number of aromatic nitrogens is 2. The number of hydrogen-bond acceptors (Lipinski definition) is 4. The summed E-state index contributed by atoms with van der Waals surface area (Å²) in [6, 6.07) is 23.0. The van der Waals surface area contributed by atoms with Crippen molar-refractivity contribution in [3.63, 3.8) is 0 Å². The molecule has 3 aromatic rings. The van der Waals surface area contributed by atoms with E-state index in [1.54, 1.807) is 0 Å². The second kappa shape index (κ2) is 8.42. The Labute approximate surface area is 167 Å². The minimum atomic E-state index is 0.777. The van der Waals surface area contributed by atoms with Gasteiger partial charge in [-0.15, -0.1) is 0 Å². The molecule has 0 spiro atoms. The number of nitrogens with zero attached hydrogens (tertiary/aromatic N) is 4. The van der Waals surface area contributed by atoms with E-state index in [1.165, 1.54) is 18.4 Å². The van der Waals surface area contributed by atoms with E-state index < -0.39 is 0 Å². The van der Waals surface area contributed by atoms with Gasteiger partial charge < -0.3 is 9.80 Å². The molecule has 0 saturated carbocycles. The fourth-order valence-corrected chi connectivity index (χ4v) is 3.68. The normalized spacial score (nSPS) is 14.9. The van der Waals surface area contributed by atoms with Crippen molar-refractivity contribution in [2.24, 2.45) is 5.92 Å². The van der Waals surface area contributed by atoms with Crippen LogP contribution in [0, 0.1) is 5.92 Å². The first kappa shape index (κ1) is 18.5. The SMILES string of the molecule is CC1CCN(c2cc(-c3ccccc3)nc(N(C)Cc3ccccc3)n2)CC1. The summed E-state index contributed by atoms with van der Waals surface area (Å²) >= 11 is 0. The third kappa shape index (κ3) is 4.33. The number of rotatable bonds is 5. The second-order valence-electron chi connectivity index (χ2n) is 7.79. The van der Waals surface area contributed by atoms with Crippen molar-refractivity contribution in [2.75, 3.05) is 29.9 Å². The lowest BCUT2D eigenvalue weighted by atomic mass is 9.99. The molecule has 0 bridgehead atoms. The zero-order valence-corrected chi connectivity index (χ0v) is 16.8. The Morgan fingerprint density at radius 2 is 1.57 bits per heavy atom. The maximum atomic E-state index is 4.94. The van der Waals surface area contributed by atoms with Crippen molar-refractivity contribution >= 4 is 11.8 Å². The molecule has 1 aromatic heterocycles. The van der Waals surface area contributed by atoms with Crippen molar-refractivity contribution in [3.8, 4) is 11.3 Å². The van der Waals surface area contributed by atoms with E-state index >= 15 is 0 Å². The van der Waals surface area contributed by atoms with Gasteiger partial charge in [0, 0.05) is 38.3 Å². The highest BCUT2D eigenvalue weighted by Gasteiger charge is 2.19. The van der Waals surface area contributed by atoms with Crippen LogP contribution in [0.15, 0.2) is 66.7 Å². The van der Waals surface area contributed by atoms with Crippen molar-refractivity contribution in [1.82, 2.24) is 9.97 Å². The zero-order chi connectivity index (χ0) is 19.3. The van der Waals surface area contributed by atoms with E-state index in [0.29, 0.717) is 0 Å². The van der Waals surface area contributed by atoms with Crippen LogP contribution in [0.2, 0.25) is 0 Å². The van der Waals surface area contributed by atoms with Gasteiger partial charge >= 0.3 is 0 Å². The minimum absolute atomic E-state index is 0.777. The summed E-state index contributed by atoms with van der Waals surface area (Å²) in [7, 11) is 2.07. The highest BCUT2D eigenvalue weighted by molar-refractivity contribution is 5.65. The van der Waals surface area contributed by atoms with Crippen LogP contribution < -0.4 is 9.80 Å². The lowest BCUT2D eigenvalue weighted by Crippen LogP contribution is -2.34. The predicted molar refractivity (Wildman–Crippen MR) is 117 cm³/mol. The number of benzene rings is 2. The van der Waals surface area contributed by atoms with Gasteiger partial charge in [-0.05, 0) is 24.3 Å². The molecule has 1 aliphatic heterocycles. The third-order valence-corrected chi connectivity index (χ3v) is 5.48. The molecule has 0 atom stereocenters. The Morgan fingerprint density at radius 3 is 2.25 bits per heavy atom. The molecule has 2 aromatic carbocycles. The second-order valence-corrected chi connectivity index (χ2v) is 7.79. The van der Waals surface area contributed by atoms with E-state index in [4.69, 9.17) is 9.97 Å². The van der Waals surface area contributed by atoms with Crippen LogP contribution in [0.4, 0.5) is 11.8 Å². The van der Waals surface area contributed by atoms with Crippen molar-refractivity contribution in [2.45, 2.75) is 26.3 Å². The number of anilines is 2. The fourth-order valence-electron chi connectivity index (χ4n) is 3.68. The Hall–Kier alpha value is -2.88. The number of hydrogen-bond donors (Lipinski definition) is 0. The molecular weight excluding hydrogens is 344 g/mol. The molecule has 0 amide bonds. The zero-order valence-electron chi connectivity index (χ0n) is 16.8. The molecule has 1 aliphatic rings. The minimum Gasteiger partial charge on any atom is -0.356 e. The van der Waals surface area contributed by atoms with Gasteiger partial charge in [0.05, 0.1) is 5.69 Å². The molecule has 144 valence electrons. The maximum absolute atomic E-state index is 4.94. The summed E-state index contributed by atoms with van der Waals surface area (Å²) < 4.78 is 0. The molecule has 2 heterocycles. The Kier molecular flexibility index (Phi) is 5.56. The van der Waals surface area contributed by atoms with Crippen LogP contribution in [-0.2, 0) is 6.54 Å². The van der Waals surface area contributed by atoms with Crippen LogP contribution in [0.1, 0.15) is 25.3 Å². The first-order valence-electron chi connectivity index (χ1n) is 10.1. The summed E-state index contributed by atoms with van der Waals surface area (Å²) in [5.74, 6) is 2.61. The van der Waals surface area contributed by atoms with Gasteiger partial charge in [-0.3, -0.25) is 0 Å². The van der Waals surface area contributed by atoms with Crippen molar-refractivity contribution in [3.05, 3.63) is 72.3 Å². The molecule has 0 radical (unpaired) electrons. The van der Waals surface area contributed by atoms with Crippen LogP contribution in [0.25, 0.3) is 11.3 Å². The van der Waals surface area contributed by atoms with Gasteiger partial charge in [0.1, 0.15) is 5.82 Å². The average molecular weight is 373 g/mol. The lowest BCUT2D eigenvalue weighted by Gasteiger charge is -2.32. The molecule has 0 aliphatic carbocycles. The average Bonchev–Trinajstić information content (AvgIpc) is 2.75. The molecule has 28 heavy (non-hydrogen) atoms. The van der Waals surface area contributed by atoms with Gasteiger partial charge in [0.15, 0.2) is 0 Å². The van der Waals surface area contributed by atoms with E-state index in [-0.39, 0.29) is 0 Å². The predicted octanol–water partition coefficient (Wildman–Crippen LogP) is 5.02. The summed E-state index contributed by atoms with van der Waals surface area (Å²) in [6.45, 7) is 5.25. The molecule has 0 N–H and O–H groups in total. The van der Waals surface area contributed by atoms with Crippen LogP contribution in [-0.4, -0.2) is 30.1 Å². The monoisotopic (exact) mass is 372 g/mol. The molecule has 1 fully saturated rings. The van der Waals surface area contributed by atoms with E-state index in [9.17, 15) is 0 Å². The number of piperidine rings is 1. The van der Waals surface area contributed by atoms with Gasteiger partial charge in [-0.2, -0.15) is 4.98 Å². The van der Waals surface area contributed by atoms with Crippen molar-refractivity contribution < 1.29 is 0 Å². The van der Waals surface area contributed by atoms with E-state index in [0.717, 1.165) is 48.6 Å². The van der Waals surface area contributed by atoms with Crippen LogP contribution in [0.5, 0.6) is 0 Å². The largest absolute Gasteiger partial charge is 0.356 e. The fraction of sp³-hybridized carbons (Fsp3) is 0.333. The van der Waals surface area contributed by atoms with E-state index in [2.05, 4.69) is 78.4 Å². The quantitative estimate of drug-likeness (QED) is 0.630. The Balaban J connectivity index is 1.67. The van der Waals surface area contributed by atoms with Gasteiger partial charge in [0.2, 0.25) is 5.95 Å². The standard InChI is InChI=1S/C24H28N4/c1-19-13-15-28(16-14-19)23-17-22(21-11-7-4-8-12-21)25-24(26-23)27(2)18-20-9-5-3-6-10-20/h3-12,17,19H,13-16,18H2,1-2H3. The summed E-state index contributed by atoms with van der Waals surface area (Å²) in [5.41, 5.74) is 3.37. The topological polar surface area (TPSA) is 32.3 Å². The molecule has 4 rings (SSSR count). The lowest BCUT2D eigenvalue weighted by molar-refractivity contribution is 0.436. The Morgan fingerprint density at radius 1 is 0.929 bits per heavy atom.